The minimum absolute atomic E-state index is 0.0563. The van der Waals surface area contributed by atoms with Crippen molar-refractivity contribution in [1.82, 2.24) is 14.2 Å². The highest BCUT2D eigenvalue weighted by Crippen LogP contribution is 2.39. The van der Waals surface area contributed by atoms with Gasteiger partial charge in [0, 0.05) is 43.6 Å². The fourth-order valence-electron chi connectivity index (χ4n) is 3.74. The van der Waals surface area contributed by atoms with Gasteiger partial charge in [-0.3, -0.25) is 9.88 Å². The summed E-state index contributed by atoms with van der Waals surface area (Å²) in [6, 6.07) is 5.64. The van der Waals surface area contributed by atoms with Crippen molar-refractivity contribution in [1.29, 1.82) is 0 Å². The number of hydrogen-bond donors (Lipinski definition) is 1. The zero-order chi connectivity index (χ0) is 24.7. The lowest BCUT2D eigenvalue weighted by atomic mass is 9.96. The number of pyridine rings is 1. The first-order valence-electron chi connectivity index (χ1n) is 10.1. The molecule has 1 aliphatic heterocycles. The molecule has 1 fully saturated rings. The monoisotopic (exact) mass is 493 g/mol. The first-order valence-corrected chi connectivity index (χ1v) is 11.5. The van der Waals surface area contributed by atoms with E-state index in [2.05, 4.69) is 4.98 Å². The number of hydrogen-bond acceptors (Lipinski definition) is 5. The van der Waals surface area contributed by atoms with E-state index >= 15 is 0 Å². The maximum absolute atomic E-state index is 14.6. The molecule has 1 aromatic carbocycles. The molecular formula is C21H24F5N3O3S. The number of benzene rings is 1. The van der Waals surface area contributed by atoms with Gasteiger partial charge in [-0.25, -0.2) is 8.42 Å². The third-order valence-electron chi connectivity index (χ3n) is 5.75. The first kappa shape index (κ1) is 25.5. The number of rotatable bonds is 6. The van der Waals surface area contributed by atoms with Crippen LogP contribution in [0.25, 0.3) is 0 Å². The van der Waals surface area contributed by atoms with Crippen molar-refractivity contribution in [3.63, 3.8) is 0 Å². The van der Waals surface area contributed by atoms with E-state index in [4.69, 9.17) is 0 Å². The molecule has 182 valence electrons. The second-order valence-corrected chi connectivity index (χ2v) is 10.1. The molecule has 3 rings (SSSR count). The molecular weight excluding hydrogens is 469 g/mol. The van der Waals surface area contributed by atoms with Gasteiger partial charge in [-0.1, -0.05) is 12.1 Å². The third kappa shape index (κ3) is 5.18. The molecule has 2 atom stereocenters. The number of alkyl halides is 5. The summed E-state index contributed by atoms with van der Waals surface area (Å²) in [6.45, 7) is 1.64. The van der Waals surface area contributed by atoms with E-state index in [-0.39, 0.29) is 30.1 Å². The van der Waals surface area contributed by atoms with Gasteiger partial charge >= 0.3 is 6.18 Å². The normalized spacial score (nSPS) is 21.0. The number of aromatic nitrogens is 1. The number of aliphatic hydroxyl groups is 1. The van der Waals surface area contributed by atoms with Crippen LogP contribution in [0, 0.1) is 0 Å². The number of nitrogens with zero attached hydrogens (tertiary/aromatic N) is 3. The molecule has 0 bridgehead atoms. The molecule has 0 radical (unpaired) electrons. The summed E-state index contributed by atoms with van der Waals surface area (Å²) in [5, 5.41) is 9.76. The van der Waals surface area contributed by atoms with Crippen molar-refractivity contribution in [2.75, 3.05) is 26.2 Å². The van der Waals surface area contributed by atoms with E-state index in [1.807, 2.05) is 0 Å². The molecule has 33 heavy (non-hydrogen) atoms. The Labute approximate surface area is 188 Å². The van der Waals surface area contributed by atoms with Gasteiger partial charge in [0.25, 0.3) is 5.92 Å². The second kappa shape index (κ2) is 8.90. The van der Waals surface area contributed by atoms with E-state index in [0.717, 1.165) is 28.6 Å². The van der Waals surface area contributed by atoms with Gasteiger partial charge in [-0.05, 0) is 43.7 Å². The Bertz CT molecular complexity index is 1060. The smallest absolute Gasteiger partial charge is 0.376 e. The summed E-state index contributed by atoms with van der Waals surface area (Å²) in [5.41, 5.74) is -3.81. The summed E-state index contributed by atoms with van der Waals surface area (Å²) in [7, 11) is -4.08. The van der Waals surface area contributed by atoms with Crippen LogP contribution in [0.4, 0.5) is 22.0 Å². The van der Waals surface area contributed by atoms with Gasteiger partial charge in [-0.2, -0.15) is 26.3 Å². The Morgan fingerprint density at radius 2 is 1.58 bits per heavy atom. The summed E-state index contributed by atoms with van der Waals surface area (Å²) in [5.74, 6) is -3.14. The van der Waals surface area contributed by atoms with E-state index in [0.29, 0.717) is 6.92 Å². The highest BCUT2D eigenvalue weighted by Gasteiger charge is 2.51. The molecule has 0 spiro atoms. The van der Waals surface area contributed by atoms with Crippen molar-refractivity contribution in [3.05, 3.63) is 59.9 Å². The van der Waals surface area contributed by atoms with Gasteiger partial charge in [-0.15, -0.1) is 0 Å². The maximum atomic E-state index is 14.6. The summed E-state index contributed by atoms with van der Waals surface area (Å²) < 4.78 is 95.4. The van der Waals surface area contributed by atoms with E-state index in [1.165, 1.54) is 29.4 Å². The van der Waals surface area contributed by atoms with Gasteiger partial charge in [0.1, 0.15) is 0 Å². The van der Waals surface area contributed by atoms with Crippen LogP contribution in [0.15, 0.2) is 53.7 Å². The van der Waals surface area contributed by atoms with E-state index in [9.17, 15) is 35.5 Å². The second-order valence-electron chi connectivity index (χ2n) is 8.23. The molecule has 0 aliphatic carbocycles. The van der Waals surface area contributed by atoms with Crippen molar-refractivity contribution >= 4 is 10.0 Å². The number of halogens is 5. The van der Waals surface area contributed by atoms with Gasteiger partial charge in [0.2, 0.25) is 10.0 Å². The topological polar surface area (TPSA) is 73.7 Å². The van der Waals surface area contributed by atoms with Gasteiger partial charge in [0.15, 0.2) is 5.60 Å². The SMILES string of the molecule is CC1CN(CC(F)(F)c2ccncc2)CCN1S(=O)(=O)c1ccc(C(C)(O)C(F)(F)F)cc1. The fourth-order valence-corrected chi connectivity index (χ4v) is 5.35. The summed E-state index contributed by atoms with van der Waals surface area (Å²) in [4.78, 5) is 4.95. The van der Waals surface area contributed by atoms with Crippen LogP contribution >= 0.6 is 0 Å². The predicted octanol–water partition coefficient (Wildman–Crippen LogP) is 3.34. The molecule has 1 aromatic heterocycles. The maximum Gasteiger partial charge on any atom is 0.421 e. The van der Waals surface area contributed by atoms with E-state index < -0.39 is 45.9 Å². The molecule has 1 aliphatic rings. The van der Waals surface area contributed by atoms with Crippen molar-refractivity contribution in [2.24, 2.45) is 0 Å². The molecule has 1 saturated heterocycles. The molecule has 2 heterocycles. The fraction of sp³-hybridized carbons (Fsp3) is 0.476. The molecule has 1 N–H and O–H groups in total. The van der Waals surface area contributed by atoms with Crippen LogP contribution in [0.5, 0.6) is 0 Å². The highest BCUT2D eigenvalue weighted by molar-refractivity contribution is 7.89. The molecule has 2 aromatic rings. The molecule has 2 unspecified atom stereocenters. The highest BCUT2D eigenvalue weighted by atomic mass is 32.2. The largest absolute Gasteiger partial charge is 0.421 e. The van der Waals surface area contributed by atoms with Crippen molar-refractivity contribution in [2.45, 2.75) is 42.5 Å². The lowest BCUT2D eigenvalue weighted by molar-refractivity contribution is -0.258. The van der Waals surface area contributed by atoms with Crippen LogP contribution in [0.2, 0.25) is 0 Å². The number of piperazine rings is 1. The summed E-state index contributed by atoms with van der Waals surface area (Å²) >= 11 is 0. The van der Waals surface area contributed by atoms with Crippen LogP contribution in [-0.2, 0) is 21.5 Å². The average molecular weight is 493 g/mol. The average Bonchev–Trinajstić information content (AvgIpc) is 2.73. The van der Waals surface area contributed by atoms with Crippen LogP contribution < -0.4 is 0 Å². The Kier molecular flexibility index (Phi) is 6.87. The van der Waals surface area contributed by atoms with Gasteiger partial charge in [0.05, 0.1) is 11.4 Å². The Morgan fingerprint density at radius 3 is 2.09 bits per heavy atom. The van der Waals surface area contributed by atoms with E-state index in [1.54, 1.807) is 6.92 Å². The molecule has 0 saturated carbocycles. The molecule has 6 nitrogen and oxygen atoms in total. The Hall–Kier alpha value is -2.15. The minimum Gasteiger partial charge on any atom is -0.376 e. The lowest BCUT2D eigenvalue weighted by Crippen LogP contribution is -2.55. The summed E-state index contributed by atoms with van der Waals surface area (Å²) in [6.07, 6.45) is -2.39. The first-order chi connectivity index (χ1) is 15.2. The standard InChI is InChI=1S/C21H24F5N3O3S/c1-15-13-28(14-20(22,23)17-7-9-27-10-8-17)11-12-29(15)33(31,32)18-5-3-16(4-6-18)19(2,30)21(24,25)26/h3-10,15,30H,11-14H2,1-2H3. The van der Waals surface area contributed by atoms with Crippen molar-refractivity contribution in [3.8, 4) is 0 Å². The lowest BCUT2D eigenvalue weighted by Gasteiger charge is -2.40. The van der Waals surface area contributed by atoms with Crippen LogP contribution in [0.1, 0.15) is 25.0 Å². The van der Waals surface area contributed by atoms with Crippen molar-refractivity contribution < 1.29 is 35.5 Å². The zero-order valence-electron chi connectivity index (χ0n) is 17.9. The predicted molar refractivity (Wildman–Crippen MR) is 110 cm³/mol. The van der Waals surface area contributed by atoms with Gasteiger partial charge < -0.3 is 5.11 Å². The number of sulfonamides is 1. The Morgan fingerprint density at radius 1 is 1.00 bits per heavy atom. The zero-order valence-corrected chi connectivity index (χ0v) is 18.7. The quantitative estimate of drug-likeness (QED) is 0.625. The Balaban J connectivity index is 1.72. The minimum atomic E-state index is -4.93. The molecule has 0 amide bonds. The third-order valence-corrected chi connectivity index (χ3v) is 7.78. The van der Waals surface area contributed by atoms with Crippen LogP contribution in [0.3, 0.4) is 0 Å². The molecule has 12 heteroatoms. The van der Waals surface area contributed by atoms with Crippen LogP contribution in [-0.4, -0.2) is 66.1 Å².